The molecule has 1 aliphatic heterocycles. The molecule has 1 saturated heterocycles. The Morgan fingerprint density at radius 1 is 1.42 bits per heavy atom. The number of ether oxygens (including phenoxy) is 1. The van der Waals surface area contributed by atoms with E-state index in [0.29, 0.717) is 6.54 Å². The fourth-order valence-corrected chi connectivity index (χ4v) is 3.02. The number of rotatable bonds is 3. The maximum atomic E-state index is 12.2. The summed E-state index contributed by atoms with van der Waals surface area (Å²) >= 11 is 0. The zero-order chi connectivity index (χ0) is 17.3. The van der Waals surface area contributed by atoms with Gasteiger partial charge in [0.1, 0.15) is 11.4 Å². The van der Waals surface area contributed by atoms with Crippen molar-refractivity contribution in [2.45, 2.75) is 45.3 Å². The van der Waals surface area contributed by atoms with E-state index in [1.165, 1.54) is 0 Å². The molecular weight excluding hydrogens is 306 g/mol. The van der Waals surface area contributed by atoms with Crippen LogP contribution in [0.2, 0.25) is 0 Å². The Bertz CT molecular complexity index is 721. The van der Waals surface area contributed by atoms with Gasteiger partial charge in [0.15, 0.2) is 5.65 Å². The summed E-state index contributed by atoms with van der Waals surface area (Å²) in [6, 6.07) is 4.21. The molecule has 0 saturated carbocycles. The quantitative estimate of drug-likeness (QED) is 0.865. The zero-order valence-electron chi connectivity index (χ0n) is 14.8. The molecule has 0 radical (unpaired) electrons. The van der Waals surface area contributed by atoms with Gasteiger partial charge in [0, 0.05) is 38.6 Å². The third-order valence-electron chi connectivity index (χ3n) is 4.10. The molecule has 0 spiro atoms. The first kappa shape index (κ1) is 16.5. The topological polar surface area (TPSA) is 63.0 Å². The Balaban J connectivity index is 1.70. The molecule has 3 heterocycles. The van der Waals surface area contributed by atoms with Crippen LogP contribution in [0.3, 0.4) is 0 Å². The molecule has 0 aromatic carbocycles. The van der Waals surface area contributed by atoms with Crippen molar-refractivity contribution in [2.24, 2.45) is 0 Å². The third-order valence-corrected chi connectivity index (χ3v) is 4.10. The van der Waals surface area contributed by atoms with Crippen molar-refractivity contribution in [3.05, 3.63) is 24.5 Å². The molecular formula is C17H25N5O2. The summed E-state index contributed by atoms with van der Waals surface area (Å²) in [5.74, 6) is 0.917. The van der Waals surface area contributed by atoms with Gasteiger partial charge in [0.2, 0.25) is 0 Å². The van der Waals surface area contributed by atoms with Crippen molar-refractivity contribution in [1.82, 2.24) is 19.5 Å². The van der Waals surface area contributed by atoms with Gasteiger partial charge in [-0.3, -0.25) is 0 Å². The molecule has 0 N–H and O–H groups in total. The molecule has 1 unspecified atom stereocenters. The van der Waals surface area contributed by atoms with Crippen LogP contribution in [0.1, 0.15) is 33.6 Å². The standard InChI is InChI=1S/C17H25N5O2/c1-17(2,3)24-16(23)20(4)12-13-6-5-10-21(13)15-8-7-14-18-9-11-22(14)19-15/h7-9,11,13H,5-6,10,12H2,1-4H3. The van der Waals surface area contributed by atoms with Gasteiger partial charge >= 0.3 is 6.09 Å². The Labute approximate surface area is 142 Å². The largest absolute Gasteiger partial charge is 0.444 e. The monoisotopic (exact) mass is 331 g/mol. The molecule has 0 aliphatic carbocycles. The number of aromatic nitrogens is 3. The number of likely N-dealkylation sites (N-methyl/N-ethyl adjacent to an activating group) is 1. The molecule has 0 bridgehead atoms. The van der Waals surface area contributed by atoms with Crippen molar-refractivity contribution < 1.29 is 9.53 Å². The van der Waals surface area contributed by atoms with Crippen LogP contribution in [0.5, 0.6) is 0 Å². The van der Waals surface area contributed by atoms with Gasteiger partial charge in [-0.1, -0.05) is 0 Å². The highest BCUT2D eigenvalue weighted by Crippen LogP contribution is 2.24. The number of nitrogens with zero attached hydrogens (tertiary/aromatic N) is 5. The SMILES string of the molecule is CN(CC1CCCN1c1ccc2nccn2n1)C(=O)OC(C)(C)C. The minimum Gasteiger partial charge on any atom is -0.444 e. The van der Waals surface area contributed by atoms with E-state index in [2.05, 4.69) is 15.0 Å². The summed E-state index contributed by atoms with van der Waals surface area (Å²) in [5, 5.41) is 4.62. The molecule has 24 heavy (non-hydrogen) atoms. The van der Waals surface area contributed by atoms with Crippen LogP contribution in [0.15, 0.2) is 24.5 Å². The second-order valence-electron chi connectivity index (χ2n) is 7.27. The summed E-state index contributed by atoms with van der Waals surface area (Å²) in [6.45, 7) is 7.21. The van der Waals surface area contributed by atoms with Crippen molar-refractivity contribution in [1.29, 1.82) is 0 Å². The number of carbonyl (C=O) groups excluding carboxylic acids is 1. The first-order valence-electron chi connectivity index (χ1n) is 8.35. The zero-order valence-corrected chi connectivity index (χ0v) is 14.8. The van der Waals surface area contributed by atoms with Gasteiger partial charge in [0.25, 0.3) is 0 Å². The highest BCUT2D eigenvalue weighted by molar-refractivity contribution is 5.68. The Hall–Kier alpha value is -2.31. The smallest absolute Gasteiger partial charge is 0.410 e. The number of hydrogen-bond acceptors (Lipinski definition) is 5. The summed E-state index contributed by atoms with van der Waals surface area (Å²) in [5.41, 5.74) is 0.356. The molecule has 2 aromatic rings. The maximum Gasteiger partial charge on any atom is 0.410 e. The molecule has 130 valence electrons. The normalized spacial score (nSPS) is 18.2. The lowest BCUT2D eigenvalue weighted by molar-refractivity contribution is 0.0290. The average molecular weight is 331 g/mol. The average Bonchev–Trinajstić information content (AvgIpc) is 3.12. The predicted octanol–water partition coefficient (Wildman–Crippen LogP) is 2.57. The van der Waals surface area contributed by atoms with Crippen molar-refractivity contribution in [3.63, 3.8) is 0 Å². The van der Waals surface area contributed by atoms with Gasteiger partial charge in [-0.05, 0) is 45.7 Å². The molecule has 3 rings (SSSR count). The van der Waals surface area contributed by atoms with E-state index < -0.39 is 5.60 Å². The van der Waals surface area contributed by atoms with Gasteiger partial charge in [0.05, 0.1) is 0 Å². The minimum absolute atomic E-state index is 0.246. The predicted molar refractivity (Wildman–Crippen MR) is 92.2 cm³/mol. The van der Waals surface area contributed by atoms with Crippen molar-refractivity contribution in [2.75, 3.05) is 25.0 Å². The van der Waals surface area contributed by atoms with E-state index >= 15 is 0 Å². The Morgan fingerprint density at radius 3 is 2.96 bits per heavy atom. The maximum absolute atomic E-state index is 12.2. The van der Waals surface area contributed by atoms with E-state index in [1.54, 1.807) is 22.7 Å². The van der Waals surface area contributed by atoms with Gasteiger partial charge in [-0.25, -0.2) is 14.3 Å². The molecule has 7 nitrogen and oxygen atoms in total. The molecule has 1 atom stereocenters. The third kappa shape index (κ3) is 3.60. The number of hydrogen-bond donors (Lipinski definition) is 0. The number of anilines is 1. The van der Waals surface area contributed by atoms with Crippen molar-refractivity contribution >= 4 is 17.6 Å². The highest BCUT2D eigenvalue weighted by atomic mass is 16.6. The van der Waals surface area contributed by atoms with Crippen LogP contribution < -0.4 is 4.90 Å². The number of amides is 1. The number of imidazole rings is 1. The Morgan fingerprint density at radius 2 is 2.21 bits per heavy atom. The van der Waals surface area contributed by atoms with Crippen LogP contribution in [0.4, 0.5) is 10.6 Å². The lowest BCUT2D eigenvalue weighted by Gasteiger charge is -2.30. The number of fused-ring (bicyclic) bond motifs is 1. The van der Waals surface area contributed by atoms with Gasteiger partial charge in [-0.15, -0.1) is 5.10 Å². The van der Waals surface area contributed by atoms with E-state index in [0.717, 1.165) is 30.9 Å². The molecule has 1 fully saturated rings. The second-order valence-corrected chi connectivity index (χ2v) is 7.27. The van der Waals surface area contributed by atoms with E-state index in [4.69, 9.17) is 4.74 Å². The summed E-state index contributed by atoms with van der Waals surface area (Å²) in [6.07, 6.45) is 5.43. The Kier molecular flexibility index (Phi) is 4.34. The highest BCUT2D eigenvalue weighted by Gasteiger charge is 2.29. The van der Waals surface area contributed by atoms with E-state index in [1.807, 2.05) is 39.1 Å². The molecule has 1 amide bonds. The first-order chi connectivity index (χ1) is 11.3. The lowest BCUT2D eigenvalue weighted by atomic mass is 10.2. The molecule has 7 heteroatoms. The first-order valence-corrected chi connectivity index (χ1v) is 8.35. The van der Waals surface area contributed by atoms with Crippen LogP contribution in [-0.2, 0) is 4.74 Å². The van der Waals surface area contributed by atoms with E-state index in [-0.39, 0.29) is 12.1 Å². The van der Waals surface area contributed by atoms with Crippen LogP contribution in [0.25, 0.3) is 5.65 Å². The summed E-state index contributed by atoms with van der Waals surface area (Å²) < 4.78 is 7.22. The molecule has 2 aromatic heterocycles. The summed E-state index contributed by atoms with van der Waals surface area (Å²) in [4.78, 5) is 20.3. The second kappa shape index (κ2) is 6.30. The van der Waals surface area contributed by atoms with Crippen LogP contribution in [-0.4, -0.2) is 57.4 Å². The fraction of sp³-hybridized carbons (Fsp3) is 0.588. The van der Waals surface area contributed by atoms with Crippen LogP contribution >= 0.6 is 0 Å². The number of carbonyl (C=O) groups is 1. The summed E-state index contributed by atoms with van der Waals surface area (Å²) in [7, 11) is 1.79. The van der Waals surface area contributed by atoms with Gasteiger partial charge in [-0.2, -0.15) is 0 Å². The fourth-order valence-electron chi connectivity index (χ4n) is 3.02. The van der Waals surface area contributed by atoms with Crippen LogP contribution in [0, 0.1) is 0 Å². The molecule has 1 aliphatic rings. The lowest BCUT2D eigenvalue weighted by Crippen LogP contribution is -2.43. The van der Waals surface area contributed by atoms with Gasteiger partial charge < -0.3 is 14.5 Å². The minimum atomic E-state index is -0.477. The van der Waals surface area contributed by atoms with Crippen molar-refractivity contribution in [3.8, 4) is 0 Å². The van der Waals surface area contributed by atoms with E-state index in [9.17, 15) is 4.79 Å².